The van der Waals surface area contributed by atoms with Gasteiger partial charge in [0.2, 0.25) is 0 Å². The van der Waals surface area contributed by atoms with Gasteiger partial charge in [-0.25, -0.2) is 10.5 Å². The lowest BCUT2D eigenvalue weighted by atomic mass is 10.1. The van der Waals surface area contributed by atoms with Crippen molar-refractivity contribution in [2.45, 2.75) is 6.42 Å². The van der Waals surface area contributed by atoms with E-state index in [0.29, 0.717) is 18.3 Å². The Morgan fingerprint density at radius 1 is 1.65 bits per heavy atom. The Kier molecular flexibility index (Phi) is 3.84. The van der Waals surface area contributed by atoms with Crippen LogP contribution in [0, 0.1) is 16.0 Å². The van der Waals surface area contributed by atoms with Crippen LogP contribution in [0.4, 0.5) is 11.5 Å². The molecule has 2 rings (SSSR count). The van der Waals surface area contributed by atoms with Crippen LogP contribution in [0.2, 0.25) is 0 Å². The third kappa shape index (κ3) is 3.36. The zero-order valence-electron chi connectivity index (χ0n) is 9.17. The summed E-state index contributed by atoms with van der Waals surface area (Å²) < 4.78 is 5.20. The molecule has 1 aliphatic heterocycles. The van der Waals surface area contributed by atoms with Gasteiger partial charge in [-0.3, -0.25) is 15.0 Å². The number of nitro groups is 1. The minimum absolute atomic E-state index is 0.0419. The van der Waals surface area contributed by atoms with Crippen molar-refractivity contribution in [3.05, 3.63) is 28.4 Å². The average Bonchev–Trinajstić information content (AvgIpc) is 2.83. The highest BCUT2D eigenvalue weighted by Crippen LogP contribution is 2.14. The van der Waals surface area contributed by atoms with Crippen LogP contribution < -0.4 is 5.48 Å². The molecule has 1 aliphatic rings. The van der Waals surface area contributed by atoms with E-state index < -0.39 is 4.92 Å². The summed E-state index contributed by atoms with van der Waals surface area (Å²) in [5, 5.41) is 10.4. The molecular formula is C10H13N3O4. The van der Waals surface area contributed by atoms with Gasteiger partial charge >= 0.3 is 0 Å². The highest BCUT2D eigenvalue weighted by molar-refractivity contribution is 5.38. The number of nitrogens with zero attached hydrogens (tertiary/aromatic N) is 2. The summed E-state index contributed by atoms with van der Waals surface area (Å²) in [7, 11) is 0. The lowest BCUT2D eigenvalue weighted by Gasteiger charge is -2.09. The van der Waals surface area contributed by atoms with E-state index in [0.717, 1.165) is 19.6 Å². The largest absolute Gasteiger partial charge is 0.381 e. The van der Waals surface area contributed by atoms with E-state index in [4.69, 9.17) is 9.57 Å². The number of pyridine rings is 1. The molecule has 1 aromatic heterocycles. The van der Waals surface area contributed by atoms with E-state index in [-0.39, 0.29) is 5.69 Å². The molecule has 0 radical (unpaired) electrons. The molecule has 1 atom stereocenters. The second-order valence-corrected chi connectivity index (χ2v) is 3.80. The molecule has 0 saturated carbocycles. The first kappa shape index (κ1) is 11.7. The molecule has 1 aromatic rings. The van der Waals surface area contributed by atoms with Crippen molar-refractivity contribution < 1.29 is 14.5 Å². The Labute approximate surface area is 97.9 Å². The van der Waals surface area contributed by atoms with E-state index in [1.54, 1.807) is 0 Å². The van der Waals surface area contributed by atoms with Crippen molar-refractivity contribution >= 4 is 11.5 Å². The molecule has 0 aromatic carbocycles. The molecule has 17 heavy (non-hydrogen) atoms. The Bertz CT molecular complexity index is 376. The van der Waals surface area contributed by atoms with Crippen LogP contribution >= 0.6 is 0 Å². The molecule has 1 unspecified atom stereocenters. The van der Waals surface area contributed by atoms with Crippen LogP contribution in [0.15, 0.2) is 18.3 Å². The summed E-state index contributed by atoms with van der Waals surface area (Å²) in [5.74, 6) is 0.857. The second-order valence-electron chi connectivity index (χ2n) is 3.80. The third-order valence-corrected chi connectivity index (χ3v) is 2.48. The smallest absolute Gasteiger partial charge is 0.287 e. The van der Waals surface area contributed by atoms with Crippen LogP contribution in [0.3, 0.4) is 0 Å². The normalized spacial score (nSPS) is 19.2. The van der Waals surface area contributed by atoms with E-state index in [2.05, 4.69) is 10.5 Å². The molecule has 0 amide bonds. The number of hydrogen-bond acceptors (Lipinski definition) is 6. The van der Waals surface area contributed by atoms with Gasteiger partial charge in [-0.2, -0.15) is 0 Å². The topological polar surface area (TPSA) is 86.5 Å². The van der Waals surface area contributed by atoms with E-state index >= 15 is 0 Å². The Morgan fingerprint density at radius 3 is 3.12 bits per heavy atom. The summed E-state index contributed by atoms with van der Waals surface area (Å²) in [6.07, 6.45) is 2.18. The molecule has 2 heterocycles. The van der Waals surface area contributed by atoms with Gasteiger partial charge in [0.1, 0.15) is 12.0 Å². The van der Waals surface area contributed by atoms with Crippen LogP contribution in [0.25, 0.3) is 0 Å². The van der Waals surface area contributed by atoms with E-state index in [1.807, 2.05) is 0 Å². The zero-order valence-corrected chi connectivity index (χ0v) is 9.17. The maximum Gasteiger partial charge on any atom is 0.287 e. The minimum Gasteiger partial charge on any atom is -0.381 e. The highest BCUT2D eigenvalue weighted by atomic mass is 16.6. The van der Waals surface area contributed by atoms with E-state index in [1.165, 1.54) is 18.3 Å². The molecule has 1 fully saturated rings. The Hall–Kier alpha value is -1.73. The maximum absolute atomic E-state index is 10.4. The minimum atomic E-state index is -0.493. The first-order valence-electron chi connectivity index (χ1n) is 5.31. The van der Waals surface area contributed by atoms with Crippen LogP contribution in [0.5, 0.6) is 0 Å². The molecule has 1 N–H and O–H groups in total. The van der Waals surface area contributed by atoms with Crippen molar-refractivity contribution in [2.75, 3.05) is 25.3 Å². The van der Waals surface area contributed by atoms with Crippen LogP contribution in [0.1, 0.15) is 6.42 Å². The Balaban J connectivity index is 1.76. The Morgan fingerprint density at radius 2 is 2.53 bits per heavy atom. The van der Waals surface area contributed by atoms with Crippen molar-refractivity contribution in [1.82, 2.24) is 4.98 Å². The molecule has 0 spiro atoms. The molecule has 92 valence electrons. The quantitative estimate of drug-likeness (QED) is 0.616. The summed E-state index contributed by atoms with van der Waals surface area (Å²) in [6, 6.07) is 2.88. The predicted molar refractivity (Wildman–Crippen MR) is 59.4 cm³/mol. The fraction of sp³-hybridized carbons (Fsp3) is 0.500. The average molecular weight is 239 g/mol. The molecule has 0 aliphatic carbocycles. The highest BCUT2D eigenvalue weighted by Gasteiger charge is 2.15. The van der Waals surface area contributed by atoms with Crippen LogP contribution in [-0.4, -0.2) is 29.7 Å². The maximum atomic E-state index is 10.4. The first-order chi connectivity index (χ1) is 8.25. The van der Waals surface area contributed by atoms with Gasteiger partial charge in [0.25, 0.3) is 5.69 Å². The number of anilines is 1. The lowest BCUT2D eigenvalue weighted by Crippen LogP contribution is -2.13. The third-order valence-electron chi connectivity index (χ3n) is 2.48. The second kappa shape index (κ2) is 5.55. The van der Waals surface area contributed by atoms with E-state index in [9.17, 15) is 10.1 Å². The standard InChI is InChI=1S/C10H13N3O4/c14-13(15)9-1-2-10(11-5-9)12-17-7-8-3-4-16-6-8/h1-2,5,8H,3-4,6-7H2,(H,11,12). The van der Waals surface area contributed by atoms with Crippen molar-refractivity contribution in [1.29, 1.82) is 0 Å². The van der Waals surface area contributed by atoms with Crippen molar-refractivity contribution in [2.24, 2.45) is 5.92 Å². The van der Waals surface area contributed by atoms with Gasteiger partial charge in [0, 0.05) is 18.6 Å². The number of hydrogen-bond donors (Lipinski definition) is 1. The SMILES string of the molecule is O=[N+]([O-])c1ccc(NOCC2CCOC2)nc1. The van der Waals surface area contributed by atoms with Gasteiger partial charge in [0.05, 0.1) is 18.1 Å². The van der Waals surface area contributed by atoms with Gasteiger partial charge < -0.3 is 4.74 Å². The lowest BCUT2D eigenvalue weighted by molar-refractivity contribution is -0.385. The number of ether oxygens (including phenoxy) is 1. The summed E-state index contributed by atoms with van der Waals surface area (Å²) in [5.41, 5.74) is 2.61. The fourth-order valence-electron chi connectivity index (χ4n) is 1.50. The van der Waals surface area contributed by atoms with Gasteiger partial charge in [-0.15, -0.1) is 0 Å². The predicted octanol–water partition coefficient (Wildman–Crippen LogP) is 1.37. The van der Waals surface area contributed by atoms with Crippen LogP contribution in [-0.2, 0) is 9.57 Å². The number of aromatic nitrogens is 1. The number of rotatable bonds is 5. The molecule has 7 nitrogen and oxygen atoms in total. The van der Waals surface area contributed by atoms with Gasteiger partial charge in [0.15, 0.2) is 0 Å². The molecule has 0 bridgehead atoms. The molecule has 1 saturated heterocycles. The zero-order chi connectivity index (χ0) is 12.1. The molecule has 7 heteroatoms. The number of nitrogens with one attached hydrogen (secondary N) is 1. The monoisotopic (exact) mass is 239 g/mol. The van der Waals surface area contributed by atoms with Gasteiger partial charge in [-0.05, 0) is 12.5 Å². The summed E-state index contributed by atoms with van der Waals surface area (Å²) in [6.45, 7) is 2.04. The first-order valence-corrected chi connectivity index (χ1v) is 5.31. The molecular weight excluding hydrogens is 226 g/mol. The summed E-state index contributed by atoms with van der Waals surface area (Å²) in [4.78, 5) is 19.0. The fourth-order valence-corrected chi connectivity index (χ4v) is 1.50. The van der Waals surface area contributed by atoms with Gasteiger partial charge in [-0.1, -0.05) is 0 Å². The summed E-state index contributed by atoms with van der Waals surface area (Å²) >= 11 is 0. The van der Waals surface area contributed by atoms with Crippen molar-refractivity contribution in [3.63, 3.8) is 0 Å². The van der Waals surface area contributed by atoms with Crippen molar-refractivity contribution in [3.8, 4) is 0 Å².